The van der Waals surface area contributed by atoms with Gasteiger partial charge in [0.05, 0.1) is 6.54 Å². The van der Waals surface area contributed by atoms with Gasteiger partial charge in [-0.1, -0.05) is 38.5 Å². The maximum absolute atomic E-state index is 10.8. The Morgan fingerprint density at radius 3 is 2.76 bits per heavy atom. The molecule has 0 radical (unpaired) electrons. The van der Waals surface area contributed by atoms with Crippen LogP contribution in [0.5, 0.6) is 0 Å². The summed E-state index contributed by atoms with van der Waals surface area (Å²) in [5, 5.41) is 4.81. The van der Waals surface area contributed by atoms with Crippen molar-refractivity contribution < 1.29 is 4.79 Å². The lowest BCUT2D eigenvalue weighted by Crippen LogP contribution is -2.34. The highest BCUT2D eigenvalue weighted by molar-refractivity contribution is 8.14. The normalized spacial score (nSPS) is 21.4. The first kappa shape index (κ1) is 14.4. The molecule has 0 spiro atoms. The van der Waals surface area contributed by atoms with Crippen molar-refractivity contribution in [3.05, 3.63) is 0 Å². The number of carbonyl (C=O) groups is 1. The zero-order valence-electron chi connectivity index (χ0n) is 10.9. The van der Waals surface area contributed by atoms with Crippen molar-refractivity contribution in [1.29, 1.82) is 0 Å². The molecule has 3 N–H and O–H groups in total. The quantitative estimate of drug-likeness (QED) is 0.761. The first-order valence-corrected chi connectivity index (χ1v) is 7.20. The van der Waals surface area contributed by atoms with E-state index in [1.54, 1.807) is 0 Å². The van der Waals surface area contributed by atoms with Crippen molar-refractivity contribution >= 4 is 22.8 Å². The Morgan fingerprint density at radius 1 is 1.59 bits per heavy atom. The average molecular weight is 257 g/mol. The highest BCUT2D eigenvalue weighted by atomic mass is 32.2. The third-order valence-corrected chi connectivity index (χ3v) is 4.44. The number of primary amides is 1. The second-order valence-electron chi connectivity index (χ2n) is 4.59. The molecule has 0 aliphatic carbocycles. The van der Waals surface area contributed by atoms with Gasteiger partial charge in [0.25, 0.3) is 0 Å². The summed E-state index contributed by atoms with van der Waals surface area (Å²) in [6.45, 7) is 7.31. The van der Waals surface area contributed by atoms with Gasteiger partial charge in [0, 0.05) is 17.7 Å². The van der Waals surface area contributed by atoms with Gasteiger partial charge in [0.15, 0.2) is 5.17 Å². The number of thioether (sulfide) groups is 1. The summed E-state index contributed by atoms with van der Waals surface area (Å²) in [5.74, 6) is 0.458. The Labute approximate surface area is 108 Å². The smallest absolute Gasteiger partial charge is 0.219 e. The molecule has 1 rings (SSSR count). The number of rotatable bonds is 6. The van der Waals surface area contributed by atoms with E-state index in [-0.39, 0.29) is 11.9 Å². The minimum Gasteiger partial charge on any atom is -0.370 e. The zero-order chi connectivity index (χ0) is 12.8. The molecule has 0 aromatic rings. The average Bonchev–Trinajstić information content (AvgIpc) is 2.67. The number of hydrogen-bond acceptors (Lipinski definition) is 4. The van der Waals surface area contributed by atoms with Crippen LogP contribution in [0, 0.1) is 5.92 Å². The summed E-state index contributed by atoms with van der Waals surface area (Å²) in [7, 11) is 0. The van der Waals surface area contributed by atoms with E-state index in [0.717, 1.165) is 17.6 Å². The van der Waals surface area contributed by atoms with Crippen LogP contribution in [-0.4, -0.2) is 28.9 Å². The maximum Gasteiger partial charge on any atom is 0.219 e. The largest absolute Gasteiger partial charge is 0.370 e. The van der Waals surface area contributed by atoms with Crippen LogP contribution in [0.1, 0.15) is 40.0 Å². The monoisotopic (exact) mass is 257 g/mol. The molecule has 1 amide bonds. The summed E-state index contributed by atoms with van der Waals surface area (Å²) in [6, 6.07) is 0.0687. The molecular weight excluding hydrogens is 234 g/mol. The number of aliphatic imine (C=N–C) groups is 1. The van der Waals surface area contributed by atoms with E-state index in [0.29, 0.717) is 11.7 Å². The van der Waals surface area contributed by atoms with Crippen LogP contribution in [0.25, 0.3) is 0 Å². The standard InChI is InChI=1S/C12H23N3OS/c1-4-9(5-2)10-7-14-12(17-10)15-8(3)6-11(13)16/h8-10H,4-7H2,1-3H3,(H2,13,16)(H,14,15). The van der Waals surface area contributed by atoms with E-state index >= 15 is 0 Å². The molecule has 17 heavy (non-hydrogen) atoms. The summed E-state index contributed by atoms with van der Waals surface area (Å²) in [6.07, 6.45) is 2.76. The second-order valence-corrected chi connectivity index (χ2v) is 5.82. The van der Waals surface area contributed by atoms with Gasteiger partial charge in [-0.25, -0.2) is 0 Å². The highest BCUT2D eigenvalue weighted by Crippen LogP contribution is 2.30. The third-order valence-electron chi connectivity index (χ3n) is 3.13. The van der Waals surface area contributed by atoms with Gasteiger partial charge in [-0.3, -0.25) is 9.79 Å². The topological polar surface area (TPSA) is 67.5 Å². The van der Waals surface area contributed by atoms with Gasteiger partial charge in [0.2, 0.25) is 5.91 Å². The SMILES string of the molecule is CCC(CC)C1CN=C(NC(C)CC(N)=O)S1. The van der Waals surface area contributed by atoms with Crippen LogP contribution in [0.4, 0.5) is 0 Å². The first-order chi connectivity index (χ1) is 8.06. The number of nitrogens with two attached hydrogens (primary N) is 1. The number of amides is 1. The van der Waals surface area contributed by atoms with E-state index in [9.17, 15) is 4.79 Å². The van der Waals surface area contributed by atoms with Crippen molar-refractivity contribution in [3.8, 4) is 0 Å². The van der Waals surface area contributed by atoms with Crippen molar-refractivity contribution in [2.24, 2.45) is 16.6 Å². The Bertz CT molecular complexity index is 289. The molecule has 1 aliphatic heterocycles. The van der Waals surface area contributed by atoms with E-state index in [1.165, 1.54) is 12.8 Å². The molecule has 0 fully saturated rings. The lowest BCUT2D eigenvalue weighted by atomic mass is 9.99. The fourth-order valence-electron chi connectivity index (χ4n) is 2.09. The minimum absolute atomic E-state index is 0.0687. The van der Waals surface area contributed by atoms with E-state index in [2.05, 4.69) is 24.2 Å². The van der Waals surface area contributed by atoms with E-state index in [1.807, 2.05) is 18.7 Å². The number of carbonyl (C=O) groups excluding carboxylic acids is 1. The van der Waals surface area contributed by atoms with Crippen molar-refractivity contribution in [3.63, 3.8) is 0 Å². The number of nitrogens with one attached hydrogen (secondary N) is 1. The fourth-order valence-corrected chi connectivity index (χ4v) is 3.53. The third kappa shape index (κ3) is 4.58. The van der Waals surface area contributed by atoms with Crippen LogP contribution in [0.15, 0.2) is 4.99 Å². The molecule has 4 nitrogen and oxygen atoms in total. The Balaban J connectivity index is 2.36. The van der Waals surface area contributed by atoms with Crippen molar-refractivity contribution in [2.75, 3.05) is 6.54 Å². The van der Waals surface area contributed by atoms with Crippen molar-refractivity contribution in [1.82, 2.24) is 5.32 Å². The number of hydrogen-bond donors (Lipinski definition) is 2. The Hall–Kier alpha value is -0.710. The lowest BCUT2D eigenvalue weighted by molar-refractivity contribution is -0.118. The fraction of sp³-hybridized carbons (Fsp3) is 0.833. The second kappa shape index (κ2) is 6.89. The summed E-state index contributed by atoms with van der Waals surface area (Å²) in [5.41, 5.74) is 5.16. The van der Waals surface area contributed by atoms with Crippen LogP contribution < -0.4 is 11.1 Å². The Morgan fingerprint density at radius 2 is 2.24 bits per heavy atom. The molecule has 0 aromatic carbocycles. The van der Waals surface area contributed by atoms with Gasteiger partial charge >= 0.3 is 0 Å². The first-order valence-electron chi connectivity index (χ1n) is 6.32. The summed E-state index contributed by atoms with van der Waals surface area (Å²) >= 11 is 1.81. The molecule has 2 unspecified atom stereocenters. The zero-order valence-corrected chi connectivity index (χ0v) is 11.7. The molecule has 0 saturated heterocycles. The van der Waals surface area contributed by atoms with Crippen LogP contribution in [0.3, 0.4) is 0 Å². The maximum atomic E-state index is 10.8. The molecule has 0 saturated carbocycles. The van der Waals surface area contributed by atoms with E-state index in [4.69, 9.17) is 5.73 Å². The van der Waals surface area contributed by atoms with Gasteiger partial charge in [-0.15, -0.1) is 0 Å². The Kier molecular flexibility index (Phi) is 5.82. The molecule has 2 atom stereocenters. The van der Waals surface area contributed by atoms with Crippen LogP contribution >= 0.6 is 11.8 Å². The summed E-state index contributed by atoms with van der Waals surface area (Å²) < 4.78 is 0. The molecule has 1 heterocycles. The minimum atomic E-state index is -0.273. The lowest BCUT2D eigenvalue weighted by Gasteiger charge is -2.19. The molecule has 98 valence electrons. The van der Waals surface area contributed by atoms with Crippen molar-refractivity contribution in [2.45, 2.75) is 51.3 Å². The van der Waals surface area contributed by atoms with Gasteiger partial charge in [0.1, 0.15) is 0 Å². The molecular formula is C12H23N3OS. The molecule has 1 aliphatic rings. The number of nitrogens with zero attached hydrogens (tertiary/aromatic N) is 1. The van der Waals surface area contributed by atoms with Gasteiger partial charge in [-0.2, -0.15) is 0 Å². The molecule has 5 heteroatoms. The van der Waals surface area contributed by atoms with Gasteiger partial charge in [-0.05, 0) is 12.8 Å². The van der Waals surface area contributed by atoms with E-state index < -0.39 is 0 Å². The van der Waals surface area contributed by atoms with Crippen LogP contribution in [-0.2, 0) is 4.79 Å². The van der Waals surface area contributed by atoms with Crippen LogP contribution in [0.2, 0.25) is 0 Å². The molecule has 0 aromatic heterocycles. The number of amidine groups is 1. The van der Waals surface area contributed by atoms with Gasteiger partial charge < -0.3 is 11.1 Å². The summed E-state index contributed by atoms with van der Waals surface area (Å²) in [4.78, 5) is 15.3. The highest BCUT2D eigenvalue weighted by Gasteiger charge is 2.26. The predicted molar refractivity (Wildman–Crippen MR) is 74.2 cm³/mol. The molecule has 0 bridgehead atoms. The predicted octanol–water partition coefficient (Wildman–Crippen LogP) is 1.75.